The highest BCUT2D eigenvalue weighted by molar-refractivity contribution is 6.31. The van der Waals surface area contributed by atoms with E-state index in [9.17, 15) is 14.3 Å². The Morgan fingerprint density at radius 1 is 1.03 bits per heavy atom. The maximum atomic E-state index is 15.2. The number of halogens is 3. The summed E-state index contributed by atoms with van der Waals surface area (Å²) >= 11 is 6.16. The van der Waals surface area contributed by atoms with Gasteiger partial charge in [0.1, 0.15) is 5.82 Å². The minimum Gasteiger partial charge on any atom is -0.478 e. The lowest BCUT2D eigenvalue weighted by atomic mass is 9.87. The van der Waals surface area contributed by atoms with Gasteiger partial charge in [0.15, 0.2) is 0 Å². The Morgan fingerprint density at radius 3 is 2.54 bits per heavy atom. The molecule has 0 radical (unpaired) electrons. The second-order valence-electron chi connectivity index (χ2n) is 9.66. The third kappa shape index (κ3) is 5.39. The molecule has 0 atom stereocenters. The zero-order valence-electron chi connectivity index (χ0n) is 20.4. The van der Waals surface area contributed by atoms with E-state index in [4.69, 9.17) is 11.6 Å². The first kappa shape index (κ1) is 25.4. The molecule has 190 valence electrons. The summed E-state index contributed by atoms with van der Waals surface area (Å²) in [7, 11) is 0. The number of fused-ring (bicyclic) bond motifs is 1. The number of carboxylic acids is 1. The van der Waals surface area contributed by atoms with Gasteiger partial charge in [-0.25, -0.2) is 9.18 Å². The number of hydrogen-bond acceptors (Lipinski definition) is 2. The average Bonchev–Trinajstić information content (AvgIpc) is 3.06. The molecule has 1 saturated heterocycles. The van der Waals surface area contributed by atoms with Crippen LogP contribution in [0.2, 0.25) is 5.02 Å². The average molecular weight is 520 g/mol. The first-order valence-corrected chi connectivity index (χ1v) is 12.9. The number of aromatic carboxylic acids is 1. The first-order chi connectivity index (χ1) is 17.9. The molecule has 0 spiro atoms. The SMILES string of the molecule is O=C(O)c1ccc2c(c1)CCCC(c1cccc(Cl)c1F)=C2c1ccc(C=C2CN(CCCF)C2)cc1. The van der Waals surface area contributed by atoms with Gasteiger partial charge in [0.25, 0.3) is 0 Å². The Morgan fingerprint density at radius 2 is 1.81 bits per heavy atom. The van der Waals surface area contributed by atoms with E-state index in [-0.39, 0.29) is 17.3 Å². The molecule has 1 N–H and O–H groups in total. The number of aryl methyl sites for hydroxylation is 1. The summed E-state index contributed by atoms with van der Waals surface area (Å²) in [6.07, 6.45) is 4.85. The van der Waals surface area contributed by atoms with Gasteiger partial charge in [-0.05, 0) is 82.9 Å². The van der Waals surface area contributed by atoms with Crippen LogP contribution in [-0.4, -0.2) is 42.3 Å². The van der Waals surface area contributed by atoms with Crippen LogP contribution in [0.15, 0.2) is 66.2 Å². The summed E-state index contributed by atoms with van der Waals surface area (Å²) in [5.74, 6) is -1.40. The smallest absolute Gasteiger partial charge is 0.335 e. The third-order valence-electron chi connectivity index (χ3n) is 7.10. The zero-order chi connectivity index (χ0) is 25.9. The Bertz CT molecular complexity index is 1390. The van der Waals surface area contributed by atoms with Crippen LogP contribution >= 0.6 is 11.6 Å². The topological polar surface area (TPSA) is 40.5 Å². The Kier molecular flexibility index (Phi) is 7.54. The lowest BCUT2D eigenvalue weighted by Crippen LogP contribution is -2.40. The number of hydrogen-bond donors (Lipinski definition) is 1. The first-order valence-electron chi connectivity index (χ1n) is 12.6. The van der Waals surface area contributed by atoms with Crippen molar-refractivity contribution in [3.05, 3.63) is 110 Å². The van der Waals surface area contributed by atoms with Gasteiger partial charge in [0.2, 0.25) is 0 Å². The maximum absolute atomic E-state index is 15.2. The molecule has 3 nitrogen and oxygen atoms in total. The lowest BCUT2D eigenvalue weighted by molar-refractivity contribution is 0.0696. The Balaban J connectivity index is 1.56. The van der Waals surface area contributed by atoms with Gasteiger partial charge in [-0.15, -0.1) is 0 Å². The summed E-state index contributed by atoms with van der Waals surface area (Å²) in [6, 6.07) is 18.5. The van der Waals surface area contributed by atoms with Gasteiger partial charge in [-0.2, -0.15) is 0 Å². The number of carboxylic acid groups (broad SMARTS) is 1. The van der Waals surface area contributed by atoms with Crippen molar-refractivity contribution in [1.29, 1.82) is 0 Å². The summed E-state index contributed by atoms with van der Waals surface area (Å²) in [6.45, 7) is 2.23. The highest BCUT2D eigenvalue weighted by Gasteiger charge is 2.24. The van der Waals surface area contributed by atoms with Gasteiger partial charge < -0.3 is 5.11 Å². The van der Waals surface area contributed by atoms with Crippen molar-refractivity contribution in [2.75, 3.05) is 26.3 Å². The molecule has 0 aromatic heterocycles. The number of rotatable bonds is 7. The van der Waals surface area contributed by atoms with Crippen LogP contribution in [0.5, 0.6) is 0 Å². The van der Waals surface area contributed by atoms with E-state index in [1.54, 1.807) is 30.3 Å². The molecule has 0 amide bonds. The largest absolute Gasteiger partial charge is 0.478 e. The standard InChI is InChI=1S/C31H28ClF2NO2/c32-28-7-2-6-27(30(28)34)26-5-1-4-23-17-24(31(36)37)12-13-25(23)29(26)22-10-8-20(9-11-22)16-21-18-35(19-21)15-3-14-33/h2,6-13,16-17H,1,3-5,14-15,18-19H2,(H,36,37). The number of alkyl halides is 1. The summed E-state index contributed by atoms with van der Waals surface area (Å²) in [5, 5.41) is 9.60. The van der Waals surface area contributed by atoms with E-state index >= 15 is 4.39 Å². The predicted octanol–water partition coefficient (Wildman–Crippen LogP) is 7.53. The maximum Gasteiger partial charge on any atom is 0.335 e. The van der Waals surface area contributed by atoms with Gasteiger partial charge in [-0.1, -0.05) is 60.1 Å². The number of allylic oxidation sites excluding steroid dienone is 1. The molecule has 0 bridgehead atoms. The second-order valence-corrected chi connectivity index (χ2v) is 10.1. The van der Waals surface area contributed by atoms with Crippen molar-refractivity contribution in [3.8, 4) is 0 Å². The number of likely N-dealkylation sites (tertiary alicyclic amines) is 1. The van der Waals surface area contributed by atoms with E-state index in [2.05, 4.69) is 23.1 Å². The van der Waals surface area contributed by atoms with Crippen molar-refractivity contribution in [3.63, 3.8) is 0 Å². The molecule has 3 aromatic rings. The molecule has 37 heavy (non-hydrogen) atoms. The molecule has 2 aliphatic rings. The summed E-state index contributed by atoms with van der Waals surface area (Å²) in [5.41, 5.74) is 7.71. The zero-order valence-corrected chi connectivity index (χ0v) is 21.2. The molecule has 1 fully saturated rings. The highest BCUT2D eigenvalue weighted by atomic mass is 35.5. The molecule has 0 saturated carbocycles. The van der Waals surface area contributed by atoms with Crippen LogP contribution in [0, 0.1) is 5.82 Å². The predicted molar refractivity (Wildman–Crippen MR) is 145 cm³/mol. The summed E-state index contributed by atoms with van der Waals surface area (Å²) in [4.78, 5) is 13.8. The van der Waals surface area contributed by atoms with E-state index < -0.39 is 11.8 Å². The normalized spacial score (nSPS) is 15.7. The van der Waals surface area contributed by atoms with E-state index in [0.717, 1.165) is 59.5 Å². The third-order valence-corrected chi connectivity index (χ3v) is 7.40. The van der Waals surface area contributed by atoms with Crippen molar-refractivity contribution in [2.24, 2.45) is 0 Å². The molecular weight excluding hydrogens is 492 g/mol. The van der Waals surface area contributed by atoms with Gasteiger partial charge in [0.05, 0.1) is 17.3 Å². The van der Waals surface area contributed by atoms with Crippen LogP contribution in [0.4, 0.5) is 8.78 Å². The minimum absolute atomic E-state index is 0.0816. The molecule has 0 unspecified atom stereocenters. The van der Waals surface area contributed by atoms with Crippen molar-refractivity contribution < 1.29 is 18.7 Å². The summed E-state index contributed by atoms with van der Waals surface area (Å²) < 4.78 is 27.6. The van der Waals surface area contributed by atoms with Crippen molar-refractivity contribution in [2.45, 2.75) is 25.7 Å². The quantitative estimate of drug-likeness (QED) is 0.350. The fourth-order valence-corrected chi connectivity index (χ4v) is 5.47. The van der Waals surface area contributed by atoms with Crippen LogP contribution in [0.1, 0.15) is 57.4 Å². The number of nitrogens with zero attached hydrogens (tertiary/aromatic N) is 1. The monoisotopic (exact) mass is 519 g/mol. The van der Waals surface area contributed by atoms with Crippen molar-refractivity contribution >= 4 is 34.8 Å². The fraction of sp³-hybridized carbons (Fsp3) is 0.258. The molecule has 6 heteroatoms. The second kappa shape index (κ2) is 11.0. The van der Waals surface area contributed by atoms with Crippen LogP contribution < -0.4 is 0 Å². The van der Waals surface area contributed by atoms with Crippen LogP contribution in [0.25, 0.3) is 17.2 Å². The molecule has 1 aliphatic heterocycles. The molecule has 5 rings (SSSR count). The fourth-order valence-electron chi connectivity index (χ4n) is 5.30. The Hall–Kier alpha value is -3.28. The number of carbonyl (C=O) groups is 1. The van der Waals surface area contributed by atoms with Gasteiger partial charge in [-0.3, -0.25) is 9.29 Å². The molecule has 3 aromatic carbocycles. The van der Waals surface area contributed by atoms with Crippen molar-refractivity contribution in [1.82, 2.24) is 4.90 Å². The van der Waals surface area contributed by atoms with E-state index in [1.165, 1.54) is 5.57 Å². The van der Waals surface area contributed by atoms with E-state index in [1.807, 2.05) is 18.2 Å². The Labute approximate surface area is 220 Å². The van der Waals surface area contributed by atoms with Gasteiger partial charge >= 0.3 is 5.97 Å². The molecular formula is C31H28ClF2NO2. The minimum atomic E-state index is -0.963. The highest BCUT2D eigenvalue weighted by Crippen LogP contribution is 2.41. The van der Waals surface area contributed by atoms with E-state index in [0.29, 0.717) is 24.8 Å². The lowest BCUT2D eigenvalue weighted by Gasteiger charge is -2.33. The van der Waals surface area contributed by atoms with Crippen LogP contribution in [0.3, 0.4) is 0 Å². The van der Waals surface area contributed by atoms with Gasteiger partial charge in [0, 0.05) is 25.2 Å². The molecule has 1 heterocycles. The molecule has 1 aliphatic carbocycles. The number of benzene rings is 3. The van der Waals surface area contributed by atoms with Crippen LogP contribution in [-0.2, 0) is 6.42 Å².